The number of nitrogens with one attached hydrogen (secondary N) is 2. The second-order valence-electron chi connectivity index (χ2n) is 4.40. The monoisotopic (exact) mass is 246 g/mol. The Morgan fingerprint density at radius 3 is 3.00 bits per heavy atom. The summed E-state index contributed by atoms with van der Waals surface area (Å²) in [5, 5.41) is 13.2. The van der Waals surface area contributed by atoms with Crippen molar-refractivity contribution in [3.05, 3.63) is 36.0 Å². The van der Waals surface area contributed by atoms with Gasteiger partial charge in [-0.15, -0.1) is 0 Å². The SMILES string of the molecule is CCCC(O)CNC(=O)c1c[nH]c2ccccc12. The van der Waals surface area contributed by atoms with Crippen LogP contribution in [-0.4, -0.2) is 28.6 Å². The number of aromatic nitrogens is 1. The summed E-state index contributed by atoms with van der Waals surface area (Å²) < 4.78 is 0. The van der Waals surface area contributed by atoms with Crippen molar-refractivity contribution in [3.63, 3.8) is 0 Å². The molecule has 0 aliphatic rings. The molecule has 1 heterocycles. The van der Waals surface area contributed by atoms with Gasteiger partial charge in [0, 0.05) is 23.6 Å². The largest absolute Gasteiger partial charge is 0.391 e. The number of aromatic amines is 1. The predicted octanol–water partition coefficient (Wildman–Crippen LogP) is 2.06. The van der Waals surface area contributed by atoms with Crippen LogP contribution in [0.2, 0.25) is 0 Å². The van der Waals surface area contributed by atoms with Gasteiger partial charge in [0.2, 0.25) is 0 Å². The van der Waals surface area contributed by atoms with Crippen LogP contribution < -0.4 is 5.32 Å². The minimum absolute atomic E-state index is 0.150. The Kier molecular flexibility index (Phi) is 3.99. The van der Waals surface area contributed by atoms with Gasteiger partial charge in [0.25, 0.3) is 5.91 Å². The van der Waals surface area contributed by atoms with E-state index in [2.05, 4.69) is 10.3 Å². The van der Waals surface area contributed by atoms with Crippen molar-refractivity contribution in [1.82, 2.24) is 10.3 Å². The van der Waals surface area contributed by atoms with Crippen molar-refractivity contribution < 1.29 is 9.90 Å². The van der Waals surface area contributed by atoms with Crippen LogP contribution >= 0.6 is 0 Å². The molecular formula is C14H18N2O2. The summed E-state index contributed by atoms with van der Waals surface area (Å²) in [6.45, 7) is 2.30. The number of amides is 1. The third-order valence-corrected chi connectivity index (χ3v) is 2.95. The molecule has 96 valence electrons. The van der Waals surface area contributed by atoms with Crippen LogP contribution in [0.25, 0.3) is 10.9 Å². The van der Waals surface area contributed by atoms with Crippen LogP contribution in [0, 0.1) is 0 Å². The number of benzene rings is 1. The van der Waals surface area contributed by atoms with Crippen molar-refractivity contribution in [1.29, 1.82) is 0 Å². The average Bonchev–Trinajstić information content (AvgIpc) is 2.80. The van der Waals surface area contributed by atoms with E-state index in [0.29, 0.717) is 18.5 Å². The topological polar surface area (TPSA) is 65.1 Å². The fraction of sp³-hybridized carbons (Fsp3) is 0.357. The zero-order valence-electron chi connectivity index (χ0n) is 10.4. The Hall–Kier alpha value is -1.81. The number of para-hydroxylation sites is 1. The standard InChI is InChI=1S/C14H18N2O2/c1-2-5-10(17)8-16-14(18)12-9-15-13-7-4-3-6-11(12)13/h3-4,6-7,9-10,15,17H,2,5,8H2,1H3,(H,16,18). The molecule has 1 amide bonds. The summed E-state index contributed by atoms with van der Waals surface area (Å²) in [7, 11) is 0. The van der Waals surface area contributed by atoms with Crippen molar-refractivity contribution >= 4 is 16.8 Å². The van der Waals surface area contributed by atoms with Crippen molar-refractivity contribution in [3.8, 4) is 0 Å². The highest BCUT2D eigenvalue weighted by molar-refractivity contribution is 6.06. The Labute approximate surface area is 106 Å². The van der Waals surface area contributed by atoms with Crippen LogP contribution in [0.1, 0.15) is 30.1 Å². The molecule has 1 atom stereocenters. The van der Waals surface area contributed by atoms with Crippen molar-refractivity contribution in [2.45, 2.75) is 25.9 Å². The third-order valence-electron chi connectivity index (χ3n) is 2.95. The molecule has 0 fully saturated rings. The number of aliphatic hydroxyl groups excluding tert-OH is 1. The molecule has 3 N–H and O–H groups in total. The van der Waals surface area contributed by atoms with Crippen LogP contribution in [0.15, 0.2) is 30.5 Å². The van der Waals surface area contributed by atoms with Gasteiger partial charge in [-0.3, -0.25) is 4.79 Å². The predicted molar refractivity (Wildman–Crippen MR) is 71.5 cm³/mol. The Morgan fingerprint density at radius 1 is 1.44 bits per heavy atom. The summed E-state index contributed by atoms with van der Waals surface area (Å²) in [4.78, 5) is 15.0. The molecule has 18 heavy (non-hydrogen) atoms. The number of H-pyrrole nitrogens is 1. The zero-order valence-corrected chi connectivity index (χ0v) is 10.4. The Balaban J connectivity index is 2.05. The second kappa shape index (κ2) is 5.69. The Bertz CT molecular complexity index is 533. The summed E-state index contributed by atoms with van der Waals surface area (Å²) in [5.41, 5.74) is 1.56. The van der Waals surface area contributed by atoms with Crippen molar-refractivity contribution in [2.75, 3.05) is 6.54 Å². The lowest BCUT2D eigenvalue weighted by Gasteiger charge is -2.10. The van der Waals surface area contributed by atoms with E-state index in [-0.39, 0.29) is 5.91 Å². The molecule has 0 saturated heterocycles. The van der Waals surface area contributed by atoms with Crippen LogP contribution in [-0.2, 0) is 0 Å². The molecule has 4 heteroatoms. The lowest BCUT2D eigenvalue weighted by molar-refractivity contribution is 0.0912. The van der Waals surface area contributed by atoms with E-state index < -0.39 is 6.10 Å². The van der Waals surface area contributed by atoms with E-state index in [4.69, 9.17) is 0 Å². The first-order chi connectivity index (χ1) is 8.72. The van der Waals surface area contributed by atoms with Crippen LogP contribution in [0.5, 0.6) is 0 Å². The third kappa shape index (κ3) is 2.71. The van der Waals surface area contributed by atoms with Gasteiger partial charge in [-0.05, 0) is 12.5 Å². The maximum absolute atomic E-state index is 12.0. The highest BCUT2D eigenvalue weighted by atomic mass is 16.3. The van der Waals surface area contributed by atoms with E-state index in [1.165, 1.54) is 0 Å². The number of carbonyl (C=O) groups is 1. The molecule has 2 rings (SSSR count). The fourth-order valence-electron chi connectivity index (χ4n) is 2.00. The minimum atomic E-state index is -0.468. The quantitative estimate of drug-likeness (QED) is 0.756. The minimum Gasteiger partial charge on any atom is -0.391 e. The maximum atomic E-state index is 12.0. The van der Waals surface area contributed by atoms with Gasteiger partial charge in [-0.2, -0.15) is 0 Å². The normalized spacial score (nSPS) is 12.6. The first-order valence-corrected chi connectivity index (χ1v) is 6.24. The Morgan fingerprint density at radius 2 is 2.22 bits per heavy atom. The maximum Gasteiger partial charge on any atom is 0.253 e. The van der Waals surface area contributed by atoms with E-state index in [1.807, 2.05) is 31.2 Å². The van der Waals surface area contributed by atoms with Gasteiger partial charge >= 0.3 is 0 Å². The van der Waals surface area contributed by atoms with Crippen LogP contribution in [0.4, 0.5) is 0 Å². The fourth-order valence-corrected chi connectivity index (χ4v) is 2.00. The smallest absolute Gasteiger partial charge is 0.253 e. The van der Waals surface area contributed by atoms with E-state index in [1.54, 1.807) is 6.20 Å². The van der Waals surface area contributed by atoms with E-state index >= 15 is 0 Å². The molecule has 0 saturated carbocycles. The van der Waals surface area contributed by atoms with E-state index in [0.717, 1.165) is 17.3 Å². The number of fused-ring (bicyclic) bond motifs is 1. The molecule has 1 aromatic carbocycles. The first kappa shape index (κ1) is 12.6. The average molecular weight is 246 g/mol. The van der Waals surface area contributed by atoms with Gasteiger partial charge in [0.15, 0.2) is 0 Å². The molecule has 0 bridgehead atoms. The van der Waals surface area contributed by atoms with Crippen molar-refractivity contribution in [2.24, 2.45) is 0 Å². The number of hydrogen-bond acceptors (Lipinski definition) is 2. The molecule has 0 aliphatic heterocycles. The number of carbonyl (C=O) groups excluding carboxylic acids is 1. The molecular weight excluding hydrogens is 228 g/mol. The lowest BCUT2D eigenvalue weighted by Crippen LogP contribution is -2.31. The highest BCUT2D eigenvalue weighted by Crippen LogP contribution is 2.17. The van der Waals surface area contributed by atoms with E-state index in [9.17, 15) is 9.90 Å². The summed E-state index contributed by atoms with van der Waals surface area (Å²) in [6.07, 6.45) is 2.84. The summed E-state index contributed by atoms with van der Waals surface area (Å²) >= 11 is 0. The van der Waals surface area contributed by atoms with Gasteiger partial charge < -0.3 is 15.4 Å². The summed E-state index contributed by atoms with van der Waals surface area (Å²) in [6, 6.07) is 7.66. The number of rotatable bonds is 5. The highest BCUT2D eigenvalue weighted by Gasteiger charge is 2.12. The van der Waals surface area contributed by atoms with Gasteiger partial charge in [0.1, 0.15) is 0 Å². The second-order valence-corrected chi connectivity index (χ2v) is 4.40. The van der Waals surface area contributed by atoms with Gasteiger partial charge in [-0.1, -0.05) is 31.5 Å². The molecule has 1 unspecified atom stereocenters. The molecule has 0 aliphatic carbocycles. The number of aliphatic hydroxyl groups is 1. The molecule has 0 radical (unpaired) electrons. The molecule has 4 nitrogen and oxygen atoms in total. The number of hydrogen-bond donors (Lipinski definition) is 3. The summed E-state index contributed by atoms with van der Waals surface area (Å²) in [5.74, 6) is -0.150. The van der Waals surface area contributed by atoms with Crippen LogP contribution in [0.3, 0.4) is 0 Å². The molecule has 2 aromatic rings. The first-order valence-electron chi connectivity index (χ1n) is 6.24. The lowest BCUT2D eigenvalue weighted by atomic mass is 10.1. The molecule has 0 spiro atoms. The van der Waals surface area contributed by atoms with Gasteiger partial charge in [-0.25, -0.2) is 0 Å². The zero-order chi connectivity index (χ0) is 13.0. The molecule has 1 aromatic heterocycles. The van der Waals surface area contributed by atoms with Gasteiger partial charge in [0.05, 0.1) is 11.7 Å².